The molecule has 0 amide bonds. The molecule has 4 nitrogen and oxygen atoms in total. The summed E-state index contributed by atoms with van der Waals surface area (Å²) < 4.78 is 1.80. The highest BCUT2D eigenvalue weighted by Crippen LogP contribution is 2.22. The average molecular weight is 354 g/mol. The van der Waals surface area contributed by atoms with Crippen molar-refractivity contribution in [1.82, 2.24) is 14.5 Å². The molecule has 2 heterocycles. The molecule has 1 saturated heterocycles. The fraction of sp³-hybridized carbons (Fsp3) is 0.300. The highest BCUT2D eigenvalue weighted by molar-refractivity contribution is 6.30. The number of hydrogen-bond donors (Lipinski definition) is 0. The van der Waals surface area contributed by atoms with Gasteiger partial charge in [-0.05, 0) is 62.3 Å². The van der Waals surface area contributed by atoms with Crippen molar-refractivity contribution >= 4 is 22.5 Å². The lowest BCUT2D eigenvalue weighted by molar-refractivity contribution is 0.180. The smallest absolute Gasteiger partial charge is 0.262 e. The first-order valence-electron chi connectivity index (χ1n) is 8.70. The van der Waals surface area contributed by atoms with Gasteiger partial charge in [0.2, 0.25) is 0 Å². The minimum Gasteiger partial charge on any atom is -0.286 e. The van der Waals surface area contributed by atoms with Crippen LogP contribution in [0.15, 0.2) is 53.3 Å². The zero-order valence-corrected chi connectivity index (χ0v) is 14.7. The summed E-state index contributed by atoms with van der Waals surface area (Å²) in [5, 5.41) is 1.34. The van der Waals surface area contributed by atoms with Crippen LogP contribution in [0.4, 0.5) is 0 Å². The maximum Gasteiger partial charge on any atom is 0.262 e. The monoisotopic (exact) mass is 353 g/mol. The molecule has 0 spiro atoms. The van der Waals surface area contributed by atoms with E-state index >= 15 is 0 Å². The fourth-order valence-corrected chi connectivity index (χ4v) is 3.55. The van der Waals surface area contributed by atoms with E-state index < -0.39 is 0 Å². The minimum atomic E-state index is 0.0149. The van der Waals surface area contributed by atoms with E-state index in [0.29, 0.717) is 22.9 Å². The highest BCUT2D eigenvalue weighted by Gasteiger charge is 2.17. The number of nitrogens with zero attached hydrogens (tertiary/aromatic N) is 3. The Bertz CT molecular complexity index is 943. The van der Waals surface area contributed by atoms with Crippen molar-refractivity contribution in [3.63, 3.8) is 0 Å². The largest absolute Gasteiger partial charge is 0.286 e. The van der Waals surface area contributed by atoms with Crippen LogP contribution in [0.1, 0.15) is 19.3 Å². The van der Waals surface area contributed by atoms with E-state index in [1.807, 2.05) is 48.5 Å². The third kappa shape index (κ3) is 3.32. The lowest BCUT2D eigenvalue weighted by Gasteiger charge is -2.28. The van der Waals surface area contributed by atoms with E-state index in [1.54, 1.807) is 4.57 Å². The van der Waals surface area contributed by atoms with E-state index in [0.717, 1.165) is 24.2 Å². The second-order valence-corrected chi connectivity index (χ2v) is 6.95. The Balaban J connectivity index is 1.87. The Morgan fingerprint density at radius 2 is 1.68 bits per heavy atom. The standard InChI is InChI=1S/C20H20ClN3O/c21-16-10-8-15(9-11-16)19-22-18-7-3-2-6-17(18)20(25)24(19)14-23-12-4-1-5-13-23/h2-3,6-11H,1,4-5,12-14H2. The molecule has 1 aliphatic rings. The van der Waals surface area contributed by atoms with Gasteiger partial charge in [0, 0.05) is 10.6 Å². The van der Waals surface area contributed by atoms with Crippen LogP contribution in [0.5, 0.6) is 0 Å². The summed E-state index contributed by atoms with van der Waals surface area (Å²) in [6.07, 6.45) is 3.64. The molecule has 0 saturated carbocycles. The van der Waals surface area contributed by atoms with E-state index in [4.69, 9.17) is 16.6 Å². The van der Waals surface area contributed by atoms with Gasteiger partial charge in [0.15, 0.2) is 0 Å². The van der Waals surface area contributed by atoms with E-state index in [9.17, 15) is 4.79 Å². The molecule has 0 aliphatic carbocycles. The van der Waals surface area contributed by atoms with Crippen LogP contribution in [-0.2, 0) is 6.67 Å². The van der Waals surface area contributed by atoms with E-state index in [1.165, 1.54) is 19.3 Å². The number of aromatic nitrogens is 2. The Labute approximate surface area is 151 Å². The first-order valence-corrected chi connectivity index (χ1v) is 9.08. The summed E-state index contributed by atoms with van der Waals surface area (Å²) in [5.74, 6) is 0.700. The van der Waals surface area contributed by atoms with Crippen molar-refractivity contribution in [2.75, 3.05) is 13.1 Å². The summed E-state index contributed by atoms with van der Waals surface area (Å²) in [5.41, 5.74) is 1.65. The van der Waals surface area contributed by atoms with Gasteiger partial charge >= 0.3 is 0 Å². The molecule has 4 rings (SSSR count). The first kappa shape index (κ1) is 16.3. The number of fused-ring (bicyclic) bond motifs is 1. The summed E-state index contributed by atoms with van der Waals surface area (Å²) >= 11 is 6.02. The maximum absolute atomic E-state index is 13.1. The molecule has 128 valence electrons. The van der Waals surface area contributed by atoms with Gasteiger partial charge in [0.25, 0.3) is 5.56 Å². The Kier molecular flexibility index (Phi) is 4.55. The number of rotatable bonds is 3. The van der Waals surface area contributed by atoms with Crippen LogP contribution in [0.25, 0.3) is 22.3 Å². The predicted molar refractivity (Wildman–Crippen MR) is 102 cm³/mol. The van der Waals surface area contributed by atoms with Crippen molar-refractivity contribution in [2.45, 2.75) is 25.9 Å². The minimum absolute atomic E-state index is 0.0149. The first-order chi connectivity index (χ1) is 12.2. The molecular weight excluding hydrogens is 334 g/mol. The molecule has 1 aliphatic heterocycles. The van der Waals surface area contributed by atoms with Crippen molar-refractivity contribution in [2.24, 2.45) is 0 Å². The third-order valence-corrected chi connectivity index (χ3v) is 5.01. The third-order valence-electron chi connectivity index (χ3n) is 4.75. The molecule has 2 aromatic carbocycles. The Morgan fingerprint density at radius 1 is 0.960 bits per heavy atom. The number of benzene rings is 2. The van der Waals surface area contributed by atoms with Crippen LogP contribution >= 0.6 is 11.6 Å². The molecule has 3 aromatic rings. The molecule has 1 fully saturated rings. The normalized spacial score (nSPS) is 15.6. The summed E-state index contributed by atoms with van der Waals surface area (Å²) in [4.78, 5) is 20.3. The second-order valence-electron chi connectivity index (χ2n) is 6.51. The molecule has 0 unspecified atom stereocenters. The fourth-order valence-electron chi connectivity index (χ4n) is 3.42. The quantitative estimate of drug-likeness (QED) is 0.709. The van der Waals surface area contributed by atoms with E-state index in [-0.39, 0.29) is 5.56 Å². The molecule has 0 radical (unpaired) electrons. The van der Waals surface area contributed by atoms with Gasteiger partial charge in [0.05, 0.1) is 17.6 Å². The number of hydrogen-bond acceptors (Lipinski definition) is 3. The van der Waals surface area contributed by atoms with Gasteiger partial charge in [-0.1, -0.05) is 30.2 Å². The Morgan fingerprint density at radius 3 is 2.44 bits per heavy atom. The lowest BCUT2D eigenvalue weighted by atomic mass is 10.1. The van der Waals surface area contributed by atoms with Crippen molar-refractivity contribution < 1.29 is 0 Å². The second kappa shape index (κ2) is 6.98. The number of halogens is 1. The molecule has 25 heavy (non-hydrogen) atoms. The van der Waals surface area contributed by atoms with Gasteiger partial charge < -0.3 is 0 Å². The molecule has 1 aromatic heterocycles. The molecule has 0 atom stereocenters. The van der Waals surface area contributed by atoms with Crippen molar-refractivity contribution in [3.8, 4) is 11.4 Å². The van der Waals surface area contributed by atoms with Crippen LogP contribution in [-0.4, -0.2) is 27.5 Å². The van der Waals surface area contributed by atoms with Gasteiger partial charge in [-0.25, -0.2) is 4.98 Å². The predicted octanol–water partition coefficient (Wildman–Crippen LogP) is 4.16. The van der Waals surface area contributed by atoms with Crippen LogP contribution in [0.2, 0.25) is 5.02 Å². The van der Waals surface area contributed by atoms with Crippen molar-refractivity contribution in [3.05, 3.63) is 63.9 Å². The summed E-state index contributed by atoms with van der Waals surface area (Å²) in [6, 6.07) is 15.1. The molecular formula is C20H20ClN3O. The van der Waals surface area contributed by atoms with Gasteiger partial charge in [0.1, 0.15) is 5.82 Å². The number of piperidine rings is 1. The Hall–Kier alpha value is -2.17. The highest BCUT2D eigenvalue weighted by atomic mass is 35.5. The zero-order chi connectivity index (χ0) is 17.2. The summed E-state index contributed by atoms with van der Waals surface area (Å²) in [6.45, 7) is 2.63. The van der Waals surface area contributed by atoms with Gasteiger partial charge in [-0.3, -0.25) is 14.3 Å². The maximum atomic E-state index is 13.1. The number of likely N-dealkylation sites (tertiary alicyclic amines) is 1. The van der Waals surface area contributed by atoms with Gasteiger partial charge in [-0.2, -0.15) is 0 Å². The van der Waals surface area contributed by atoms with Crippen LogP contribution < -0.4 is 5.56 Å². The molecule has 0 N–H and O–H groups in total. The van der Waals surface area contributed by atoms with E-state index in [2.05, 4.69) is 4.90 Å². The molecule has 0 bridgehead atoms. The number of para-hydroxylation sites is 1. The summed E-state index contributed by atoms with van der Waals surface area (Å²) in [7, 11) is 0. The SMILES string of the molecule is O=c1c2ccccc2nc(-c2ccc(Cl)cc2)n1CN1CCCCC1. The van der Waals surface area contributed by atoms with Crippen LogP contribution in [0.3, 0.4) is 0 Å². The van der Waals surface area contributed by atoms with Crippen LogP contribution in [0, 0.1) is 0 Å². The molecule has 5 heteroatoms. The average Bonchev–Trinajstić information content (AvgIpc) is 2.65. The zero-order valence-electron chi connectivity index (χ0n) is 14.0. The topological polar surface area (TPSA) is 38.1 Å². The lowest BCUT2D eigenvalue weighted by Crippen LogP contribution is -2.36. The van der Waals surface area contributed by atoms with Gasteiger partial charge in [-0.15, -0.1) is 0 Å². The van der Waals surface area contributed by atoms with Crippen molar-refractivity contribution in [1.29, 1.82) is 0 Å².